The summed E-state index contributed by atoms with van der Waals surface area (Å²) in [5, 5.41) is 6.13. The molecule has 0 unspecified atom stereocenters. The molecule has 0 N–H and O–H groups in total. The third-order valence-electron chi connectivity index (χ3n) is 6.63. The van der Waals surface area contributed by atoms with Gasteiger partial charge in [0.25, 0.3) is 0 Å². The van der Waals surface area contributed by atoms with Gasteiger partial charge in [-0.2, -0.15) is 0 Å². The number of aromatic nitrogens is 2. The number of pyridine rings is 1. The molecule has 0 aliphatic carbocycles. The van der Waals surface area contributed by atoms with Gasteiger partial charge in [0.1, 0.15) is 0 Å². The first-order valence-electron chi connectivity index (χ1n) is 11.4. The van der Waals surface area contributed by atoms with Gasteiger partial charge in [-0.25, -0.2) is 4.98 Å². The molecule has 160 valence electrons. The van der Waals surface area contributed by atoms with Crippen molar-refractivity contribution in [1.29, 1.82) is 0 Å². The Balaban J connectivity index is 1.73. The fourth-order valence-corrected chi connectivity index (χ4v) is 5.45. The Bertz CT molecular complexity index is 1850. The minimum atomic E-state index is 1.01. The van der Waals surface area contributed by atoms with Crippen LogP contribution in [-0.2, 0) is 0 Å². The van der Waals surface area contributed by atoms with Crippen molar-refractivity contribution in [2.24, 2.45) is 0 Å². The van der Waals surface area contributed by atoms with Crippen LogP contribution in [0.25, 0.3) is 60.4 Å². The molecule has 0 aliphatic rings. The van der Waals surface area contributed by atoms with Crippen molar-refractivity contribution in [3.05, 3.63) is 120 Å². The molecule has 7 aromatic rings. The highest BCUT2D eigenvalue weighted by atomic mass is 79.9. The van der Waals surface area contributed by atoms with E-state index in [0.29, 0.717) is 0 Å². The van der Waals surface area contributed by atoms with Gasteiger partial charge in [-0.1, -0.05) is 88.7 Å². The summed E-state index contributed by atoms with van der Waals surface area (Å²) in [4.78, 5) is 5.13. The zero-order valence-electron chi connectivity index (χ0n) is 18.2. The predicted octanol–water partition coefficient (Wildman–Crippen LogP) is 8.91. The molecule has 0 fully saturated rings. The van der Waals surface area contributed by atoms with Gasteiger partial charge >= 0.3 is 0 Å². The van der Waals surface area contributed by atoms with Crippen LogP contribution < -0.4 is 0 Å². The Labute approximate surface area is 205 Å². The van der Waals surface area contributed by atoms with Gasteiger partial charge in [0.15, 0.2) is 0 Å². The number of para-hydroxylation sites is 3. The zero-order valence-corrected chi connectivity index (χ0v) is 19.8. The summed E-state index contributed by atoms with van der Waals surface area (Å²) in [6.45, 7) is 0. The maximum absolute atomic E-state index is 5.13. The Morgan fingerprint density at radius 1 is 0.529 bits per heavy atom. The van der Waals surface area contributed by atoms with E-state index < -0.39 is 0 Å². The molecular formula is C31H19BrN2. The average molecular weight is 499 g/mol. The largest absolute Gasteiger partial charge is 0.309 e. The molecule has 2 nitrogen and oxygen atoms in total. The van der Waals surface area contributed by atoms with Crippen molar-refractivity contribution in [3.63, 3.8) is 0 Å². The van der Waals surface area contributed by atoms with Gasteiger partial charge < -0.3 is 4.57 Å². The number of hydrogen-bond donors (Lipinski definition) is 0. The fourth-order valence-electron chi connectivity index (χ4n) is 5.18. The van der Waals surface area contributed by atoms with Crippen LogP contribution in [0, 0.1) is 0 Å². The quantitative estimate of drug-likeness (QED) is 0.217. The highest BCUT2D eigenvalue weighted by Crippen LogP contribution is 2.42. The summed E-state index contributed by atoms with van der Waals surface area (Å²) in [5.41, 5.74) is 6.72. The van der Waals surface area contributed by atoms with E-state index in [4.69, 9.17) is 4.98 Å². The molecule has 34 heavy (non-hydrogen) atoms. The summed E-state index contributed by atoms with van der Waals surface area (Å²) in [6, 6.07) is 40.8. The average Bonchev–Trinajstić information content (AvgIpc) is 3.23. The van der Waals surface area contributed by atoms with Gasteiger partial charge in [0, 0.05) is 42.7 Å². The third-order valence-corrected chi connectivity index (χ3v) is 7.16. The van der Waals surface area contributed by atoms with Crippen molar-refractivity contribution in [2.45, 2.75) is 0 Å². The van der Waals surface area contributed by atoms with Crippen molar-refractivity contribution < 1.29 is 0 Å². The minimum absolute atomic E-state index is 1.01. The minimum Gasteiger partial charge on any atom is -0.309 e. The van der Waals surface area contributed by atoms with Gasteiger partial charge in [0.2, 0.25) is 0 Å². The van der Waals surface area contributed by atoms with Crippen LogP contribution in [0.15, 0.2) is 120 Å². The molecule has 2 aromatic heterocycles. The molecule has 0 saturated carbocycles. The smallest absolute Gasteiger partial charge is 0.0788 e. The number of benzene rings is 5. The molecule has 2 heterocycles. The Kier molecular flexibility index (Phi) is 4.33. The van der Waals surface area contributed by atoms with Crippen LogP contribution in [-0.4, -0.2) is 9.55 Å². The molecule has 0 atom stereocenters. The predicted molar refractivity (Wildman–Crippen MR) is 147 cm³/mol. The number of nitrogens with zero attached hydrogens (tertiary/aromatic N) is 2. The summed E-state index contributed by atoms with van der Waals surface area (Å²) in [6.07, 6.45) is 0. The number of fused-ring (bicyclic) bond motifs is 7. The van der Waals surface area contributed by atoms with Crippen LogP contribution in [0.1, 0.15) is 0 Å². The van der Waals surface area contributed by atoms with Gasteiger partial charge in [-0.05, 0) is 42.5 Å². The van der Waals surface area contributed by atoms with Gasteiger partial charge in [0.05, 0.1) is 22.2 Å². The molecule has 0 radical (unpaired) electrons. The molecule has 5 aromatic carbocycles. The summed E-state index contributed by atoms with van der Waals surface area (Å²) < 4.78 is 3.44. The highest BCUT2D eigenvalue weighted by Gasteiger charge is 2.18. The molecule has 0 amide bonds. The van der Waals surface area contributed by atoms with Crippen molar-refractivity contribution >= 4 is 59.4 Å². The van der Waals surface area contributed by atoms with Crippen LogP contribution in [0.5, 0.6) is 0 Å². The summed E-state index contributed by atoms with van der Waals surface area (Å²) in [7, 11) is 0. The Hall–Kier alpha value is -3.95. The molecule has 0 spiro atoms. The second kappa shape index (κ2) is 7.54. The van der Waals surface area contributed by atoms with E-state index in [-0.39, 0.29) is 0 Å². The van der Waals surface area contributed by atoms with E-state index in [0.717, 1.165) is 21.2 Å². The van der Waals surface area contributed by atoms with E-state index in [1.165, 1.54) is 43.7 Å². The Morgan fingerprint density at radius 3 is 2.06 bits per heavy atom. The second-order valence-corrected chi connectivity index (χ2v) is 9.47. The molecule has 3 heteroatoms. The number of rotatable bonds is 2. The molecule has 0 bridgehead atoms. The van der Waals surface area contributed by atoms with Crippen LogP contribution in [0.3, 0.4) is 0 Å². The zero-order chi connectivity index (χ0) is 22.6. The lowest BCUT2D eigenvalue weighted by Gasteiger charge is -2.12. The first-order chi connectivity index (χ1) is 16.8. The molecular weight excluding hydrogens is 480 g/mol. The second-order valence-electron chi connectivity index (χ2n) is 8.55. The van der Waals surface area contributed by atoms with E-state index in [1.54, 1.807) is 0 Å². The van der Waals surface area contributed by atoms with E-state index in [1.807, 2.05) is 0 Å². The standard InChI is InChI=1S/C31H19BrN2/c32-21-16-14-20(15-17-21)31-25-18-19-28-30(29(25)23-10-4-6-12-26(23)33-31)24-11-5-7-13-27(24)34(28)22-8-2-1-3-9-22/h1-19H. The highest BCUT2D eigenvalue weighted by molar-refractivity contribution is 9.10. The normalized spacial score (nSPS) is 11.7. The fraction of sp³-hybridized carbons (Fsp3) is 0. The van der Waals surface area contributed by atoms with Crippen LogP contribution in [0.2, 0.25) is 0 Å². The monoisotopic (exact) mass is 498 g/mol. The first-order valence-corrected chi connectivity index (χ1v) is 12.1. The van der Waals surface area contributed by atoms with Gasteiger partial charge in [-0.3, -0.25) is 0 Å². The van der Waals surface area contributed by atoms with Crippen molar-refractivity contribution in [1.82, 2.24) is 9.55 Å². The third kappa shape index (κ3) is 2.84. The van der Waals surface area contributed by atoms with Crippen LogP contribution in [0.4, 0.5) is 0 Å². The first kappa shape index (κ1) is 19.5. The number of hydrogen-bond acceptors (Lipinski definition) is 1. The molecule has 7 rings (SSSR count). The van der Waals surface area contributed by atoms with Gasteiger partial charge in [-0.15, -0.1) is 0 Å². The topological polar surface area (TPSA) is 17.8 Å². The maximum Gasteiger partial charge on any atom is 0.0788 e. The lowest BCUT2D eigenvalue weighted by Crippen LogP contribution is -1.94. The lowest BCUT2D eigenvalue weighted by molar-refractivity contribution is 1.18. The van der Waals surface area contributed by atoms with Crippen molar-refractivity contribution in [2.75, 3.05) is 0 Å². The van der Waals surface area contributed by atoms with Crippen LogP contribution >= 0.6 is 15.9 Å². The maximum atomic E-state index is 5.13. The molecule has 0 aliphatic heterocycles. The Morgan fingerprint density at radius 2 is 1.24 bits per heavy atom. The lowest BCUT2D eigenvalue weighted by atomic mass is 9.96. The summed E-state index contributed by atoms with van der Waals surface area (Å²) in [5.74, 6) is 0. The SMILES string of the molecule is Brc1ccc(-c2nc3ccccc3c3c2ccc2c3c3ccccc3n2-c2ccccc2)cc1. The van der Waals surface area contributed by atoms with E-state index in [9.17, 15) is 0 Å². The number of halogens is 1. The van der Waals surface area contributed by atoms with Crippen molar-refractivity contribution in [3.8, 4) is 16.9 Å². The molecule has 0 saturated heterocycles. The van der Waals surface area contributed by atoms with E-state index >= 15 is 0 Å². The summed E-state index contributed by atoms with van der Waals surface area (Å²) >= 11 is 3.57. The van der Waals surface area contributed by atoms with E-state index in [2.05, 4.69) is 136 Å².